The van der Waals surface area contributed by atoms with Crippen LogP contribution in [0.4, 0.5) is 15.3 Å². The Morgan fingerprint density at radius 3 is 2.01 bits per heavy atom. The van der Waals surface area contributed by atoms with Crippen molar-refractivity contribution < 1.29 is 99.2 Å². The molecule has 0 aromatic heterocycles. The summed E-state index contributed by atoms with van der Waals surface area (Å²) in [4.78, 5) is 172. The second kappa shape index (κ2) is 43.5. The van der Waals surface area contributed by atoms with Gasteiger partial charge in [-0.2, -0.15) is 4.31 Å². The van der Waals surface area contributed by atoms with Crippen LogP contribution >= 0.6 is 27.2 Å². The third-order valence-corrected chi connectivity index (χ3v) is 19.8. The zero-order valence-electron chi connectivity index (χ0n) is 61.2. The maximum atomic E-state index is 14.4. The van der Waals surface area contributed by atoms with E-state index in [1.807, 2.05) is 0 Å². The van der Waals surface area contributed by atoms with E-state index < -0.39 is 167 Å². The number of alkyl carbamates (subject to hydrolysis) is 1. The number of phosphoric acid groups is 2. The number of nitrogens with one attached hydrogen (secondary N) is 7. The fraction of sp³-hybridized carbons (Fsp3) is 0.603. The lowest BCUT2D eigenvalue weighted by molar-refractivity contribution is -0.155. The van der Waals surface area contributed by atoms with E-state index >= 15 is 0 Å². The van der Waals surface area contributed by atoms with Crippen LogP contribution in [0.3, 0.4) is 0 Å². The van der Waals surface area contributed by atoms with Crippen LogP contribution in [0.15, 0.2) is 71.8 Å². The predicted octanol–water partition coefficient (Wildman–Crippen LogP) is 6.10. The number of carbonyl (C=O) groups excluding carboxylic acids is 11. The van der Waals surface area contributed by atoms with Crippen molar-refractivity contribution in [3.8, 4) is 0 Å². The highest BCUT2D eigenvalue weighted by atomic mass is 35.5. The van der Waals surface area contributed by atoms with Crippen LogP contribution < -0.4 is 48.7 Å². The first kappa shape index (κ1) is 89.4. The molecule has 0 spiro atoms. The molecular formula is C68H106ClN11O21P2. The van der Waals surface area contributed by atoms with Crippen LogP contribution in [-0.4, -0.2) is 180 Å². The summed E-state index contributed by atoms with van der Waals surface area (Å²) in [6.07, 6.45) is -0.457. The first-order valence-electron chi connectivity index (χ1n) is 34.2. The molecule has 3 unspecified atom stereocenters. The van der Waals surface area contributed by atoms with Crippen LogP contribution in [-0.2, 0) is 92.9 Å². The molecule has 3 rings (SSSR count). The van der Waals surface area contributed by atoms with Gasteiger partial charge in [0.1, 0.15) is 42.4 Å². The molecule has 13 N–H and O–H groups in total. The van der Waals surface area contributed by atoms with Crippen molar-refractivity contribution in [2.24, 2.45) is 35.1 Å². The van der Waals surface area contributed by atoms with E-state index in [9.17, 15) is 71.7 Å². The smallest absolute Gasteiger partial charge is 0.456 e. The molecule has 13 atom stereocenters. The van der Waals surface area contributed by atoms with Crippen molar-refractivity contribution in [1.82, 2.24) is 41.7 Å². The van der Waals surface area contributed by atoms with Crippen LogP contribution in [0, 0.1) is 23.7 Å². The van der Waals surface area contributed by atoms with Gasteiger partial charge in [0.2, 0.25) is 35.4 Å². The highest BCUT2D eigenvalue weighted by Gasteiger charge is 2.39. The minimum Gasteiger partial charge on any atom is -0.456 e. The van der Waals surface area contributed by atoms with Crippen molar-refractivity contribution in [2.75, 3.05) is 45.7 Å². The molecule has 10 amide bonds. The Morgan fingerprint density at radius 2 is 1.41 bits per heavy atom. The highest BCUT2D eigenvalue weighted by molar-refractivity contribution is 7.61. The van der Waals surface area contributed by atoms with Crippen molar-refractivity contribution in [3.63, 3.8) is 0 Å². The normalized spacial score (nSPS) is 23.2. The number of anilines is 1. The van der Waals surface area contributed by atoms with Gasteiger partial charge in [0.05, 0.1) is 25.8 Å². The molecule has 103 heavy (non-hydrogen) atoms. The second-order valence-electron chi connectivity index (χ2n) is 26.3. The number of primary amides is 1. The minimum absolute atomic E-state index is 0.0202. The van der Waals surface area contributed by atoms with Gasteiger partial charge in [-0.25, -0.2) is 28.3 Å². The number of ether oxygens (including phenoxy) is 3. The number of unbranched alkanes of at least 4 members (excludes halogenated alkanes) is 2. The molecule has 0 bridgehead atoms. The molecule has 2 aromatic carbocycles. The number of allylic oxidation sites excluding steroid dienone is 1. The summed E-state index contributed by atoms with van der Waals surface area (Å²) in [6.45, 7) is 18.2. The number of hydrogen-bond acceptors (Lipinski definition) is 20. The highest BCUT2D eigenvalue weighted by Crippen LogP contribution is 2.60. The molecule has 0 saturated carbocycles. The lowest BCUT2D eigenvalue weighted by Crippen LogP contribution is -2.57. The topological polar surface area (TPSA) is 460 Å². The van der Waals surface area contributed by atoms with E-state index in [-0.39, 0.29) is 93.1 Å². The number of likely N-dealkylation sites (N-methyl/N-ethyl adjacent to an activating group) is 2. The molecule has 0 fully saturated rings. The van der Waals surface area contributed by atoms with Gasteiger partial charge in [0.25, 0.3) is 5.91 Å². The van der Waals surface area contributed by atoms with Gasteiger partial charge in [-0.1, -0.05) is 103 Å². The van der Waals surface area contributed by atoms with Crippen LogP contribution in [0.2, 0.25) is 5.02 Å². The number of nitrogens with two attached hydrogens (primary N) is 2. The summed E-state index contributed by atoms with van der Waals surface area (Å²) < 4.78 is 57.8. The third kappa shape index (κ3) is 31.6. The molecule has 1 heterocycles. The summed E-state index contributed by atoms with van der Waals surface area (Å²) >= 11 is 6.17. The lowest BCUT2D eigenvalue weighted by Gasteiger charge is -2.33. The van der Waals surface area contributed by atoms with Gasteiger partial charge in [-0.05, 0) is 132 Å². The van der Waals surface area contributed by atoms with Crippen molar-refractivity contribution >= 4 is 98.3 Å². The standard InChI is InChI=1S/C68H106ClN11O21P2/c1-15-41(7)57-62(85)75-46(12)66(89)100-58(42(8)16-2)44(10)53(31-22-43(9)65(88)98-54(35-39(3)4)60(83)74-45(11)63(86)80(14)52(36-47-23-27-49(69)28-24-47)64(87)79(13)37-55(81)78-57)99-68(91)73-32-18-17-19-34-96-102(92,93)101-103(94,95)97-38-48-25-29-50(30-26-48)76-59(82)51(21-20-33-72-67(71)90)77-61(84)56(70)40(5)6/h16,22-30,39-41,44-46,51-54,56-58H,15,17-21,31-38,70H2,1-14H3,(H,73,91)(H,74,83)(H,75,85)(H,76,82)(H,77,84)(H,78,81)(H,92,93)(H,94,95)(H3,71,72,90)/b42-16+,43-22+/t41?,44-,45-,46+,51+,52+,53-,54+,56+,57-,58+/m0/s1. The number of esters is 2. The number of halogens is 1. The molecule has 1 aliphatic heterocycles. The van der Waals surface area contributed by atoms with E-state index in [0.29, 0.717) is 22.6 Å². The zero-order chi connectivity index (χ0) is 77.6. The van der Waals surface area contributed by atoms with Crippen LogP contribution in [0.25, 0.3) is 0 Å². The van der Waals surface area contributed by atoms with Gasteiger partial charge in [0.15, 0.2) is 6.10 Å². The number of hydrogen-bond donors (Lipinski definition) is 11. The molecule has 32 nitrogen and oxygen atoms in total. The fourth-order valence-electron chi connectivity index (χ4n) is 10.3. The quantitative estimate of drug-likeness (QED) is 0.0144. The average molecular weight is 1510 g/mol. The lowest BCUT2D eigenvalue weighted by atomic mass is 9.90. The van der Waals surface area contributed by atoms with Crippen molar-refractivity contribution in [1.29, 1.82) is 0 Å². The Morgan fingerprint density at radius 1 is 0.796 bits per heavy atom. The summed E-state index contributed by atoms with van der Waals surface area (Å²) in [5.74, 6) is -8.50. The molecule has 0 radical (unpaired) electrons. The van der Waals surface area contributed by atoms with E-state index in [4.69, 9.17) is 46.3 Å². The van der Waals surface area contributed by atoms with Gasteiger partial charge in [-0.15, -0.1) is 0 Å². The number of rotatable bonds is 29. The van der Waals surface area contributed by atoms with E-state index in [2.05, 4.69) is 41.5 Å². The van der Waals surface area contributed by atoms with Crippen LogP contribution in [0.5, 0.6) is 0 Å². The third-order valence-electron chi connectivity index (χ3n) is 16.9. The van der Waals surface area contributed by atoms with Crippen LogP contribution in [0.1, 0.15) is 146 Å². The maximum Gasteiger partial charge on any atom is 0.481 e. The number of urea groups is 1. The first-order valence-corrected chi connectivity index (χ1v) is 37.5. The molecule has 2 aromatic rings. The minimum atomic E-state index is -5.24. The first-order chi connectivity index (χ1) is 48.2. The second-order valence-corrected chi connectivity index (χ2v) is 29.8. The largest absolute Gasteiger partial charge is 0.481 e. The van der Waals surface area contributed by atoms with Crippen molar-refractivity contribution in [2.45, 2.75) is 202 Å². The number of carbonyl (C=O) groups is 11. The maximum absolute atomic E-state index is 14.4. The van der Waals surface area contributed by atoms with Gasteiger partial charge in [-0.3, -0.25) is 42.6 Å². The molecule has 0 saturated heterocycles. The van der Waals surface area contributed by atoms with Gasteiger partial charge >= 0.3 is 39.7 Å². The molecule has 35 heteroatoms. The Balaban J connectivity index is 1.79. The Kier molecular flexibility index (Phi) is 37.7. The zero-order valence-corrected chi connectivity index (χ0v) is 63.7. The van der Waals surface area contributed by atoms with Gasteiger partial charge in [0, 0.05) is 62.2 Å². The average Bonchev–Trinajstić information content (AvgIpc) is 0.825. The predicted molar refractivity (Wildman–Crippen MR) is 382 cm³/mol. The SMILES string of the molecule is C/C=C(\C)[C@H]1OC(=O)[C@@H](C)NC(=O)[C@H](C(C)CC)NC(=O)CN(C)C(=O)[C@@H](Cc2ccc(Cl)cc2)N(C)C(=O)[C@H](C)NC(=O)[C@@H](CC(C)C)OC(=O)/C(C)=C/C[C@H](OC(=O)NCCCCCOP(=O)(O)OP(=O)(O)OCc2ccc(NC(=O)[C@@H](CCCNC(N)=O)NC(=O)[C@H](N)C(C)C)cc2)[C@@H]1C. The Hall–Kier alpha value is -7.80. The monoisotopic (exact) mass is 1510 g/mol. The molecule has 0 aliphatic carbocycles. The number of phosphoric ester groups is 2. The van der Waals surface area contributed by atoms with E-state index in [1.165, 1.54) is 65.2 Å². The summed E-state index contributed by atoms with van der Waals surface area (Å²) in [6, 6.07) is 4.49. The Bertz CT molecular complexity index is 3380. The van der Waals surface area contributed by atoms with Crippen molar-refractivity contribution in [3.05, 3.63) is 88.0 Å². The summed E-state index contributed by atoms with van der Waals surface area (Å²) in [5, 5.41) is 18.7. The number of nitrogens with zero attached hydrogens (tertiary/aromatic N) is 2. The van der Waals surface area contributed by atoms with Gasteiger partial charge < -0.3 is 82.5 Å². The summed E-state index contributed by atoms with van der Waals surface area (Å²) in [5.41, 5.74) is 12.7. The van der Waals surface area contributed by atoms with E-state index in [0.717, 1.165) is 9.80 Å². The van der Waals surface area contributed by atoms with E-state index in [1.54, 1.807) is 92.7 Å². The number of cyclic esters (lactones) is 2. The number of benzene rings is 2. The summed E-state index contributed by atoms with van der Waals surface area (Å²) in [7, 11) is -7.71. The number of amides is 10. The molecule has 1 aliphatic rings. The Labute approximate surface area is 607 Å². The molecule has 576 valence electrons. The fourth-order valence-corrected chi connectivity index (χ4v) is 12.5. The molecular weight excluding hydrogens is 1400 g/mol.